The zero-order chi connectivity index (χ0) is 19.1. The number of benzene rings is 1. The molecule has 8 heteroatoms. The summed E-state index contributed by atoms with van der Waals surface area (Å²) in [7, 11) is 1.82. The Labute approximate surface area is 188 Å². The van der Waals surface area contributed by atoms with Crippen LogP contribution in [0.2, 0.25) is 0 Å². The minimum Gasteiger partial charge on any atom is -0.353 e. The molecule has 1 fully saturated rings. The number of hydrogen-bond acceptors (Lipinski definition) is 3. The van der Waals surface area contributed by atoms with Crippen LogP contribution in [0.5, 0.6) is 0 Å². The van der Waals surface area contributed by atoms with Crippen molar-refractivity contribution < 1.29 is 4.79 Å². The maximum Gasteiger partial charge on any atom is 0.234 e. The third kappa shape index (κ3) is 7.95. The third-order valence-corrected chi connectivity index (χ3v) is 4.94. The Morgan fingerprint density at radius 2 is 1.93 bits per heavy atom. The van der Waals surface area contributed by atoms with Crippen LogP contribution >= 0.6 is 39.9 Å². The fourth-order valence-corrected chi connectivity index (χ4v) is 3.53. The number of piperazine rings is 1. The van der Waals surface area contributed by atoms with Gasteiger partial charge in [0.15, 0.2) is 5.96 Å². The first-order valence-corrected chi connectivity index (χ1v) is 9.90. The van der Waals surface area contributed by atoms with Crippen LogP contribution in [0.4, 0.5) is 0 Å². The molecule has 0 saturated carbocycles. The summed E-state index contributed by atoms with van der Waals surface area (Å²) in [5, 5.41) is 6.41. The Balaban J connectivity index is 0.00000364. The van der Waals surface area contributed by atoms with E-state index in [0.717, 1.165) is 43.2 Å². The molecule has 1 aliphatic heterocycles. The van der Waals surface area contributed by atoms with E-state index in [9.17, 15) is 4.79 Å². The molecule has 0 atom stereocenters. The second-order valence-electron chi connectivity index (χ2n) is 6.96. The second kappa shape index (κ2) is 11.9. The van der Waals surface area contributed by atoms with E-state index < -0.39 is 0 Å². The molecule has 0 spiro atoms. The smallest absolute Gasteiger partial charge is 0.234 e. The largest absolute Gasteiger partial charge is 0.353 e. The number of hydrogen-bond donors (Lipinski definition) is 2. The van der Waals surface area contributed by atoms with Gasteiger partial charge in [0.05, 0.1) is 6.54 Å². The zero-order valence-corrected chi connectivity index (χ0v) is 20.5. The van der Waals surface area contributed by atoms with Crippen molar-refractivity contribution in [3.05, 3.63) is 33.8 Å². The highest BCUT2D eigenvalue weighted by atomic mass is 127. The fraction of sp³-hybridized carbons (Fsp3) is 0.579. The molecular weight excluding hydrogens is 521 g/mol. The molecule has 1 aromatic rings. The topological polar surface area (TPSA) is 60.0 Å². The third-order valence-electron chi connectivity index (χ3n) is 4.44. The lowest BCUT2D eigenvalue weighted by Crippen LogP contribution is -2.54. The summed E-state index contributed by atoms with van der Waals surface area (Å²) in [6.07, 6.45) is 0. The van der Waals surface area contributed by atoms with Crippen molar-refractivity contribution in [2.24, 2.45) is 4.99 Å². The molecule has 2 rings (SSSR count). The lowest BCUT2D eigenvalue weighted by molar-refractivity contribution is -0.123. The monoisotopic (exact) mass is 551 g/mol. The number of aliphatic imine (C=N–C) groups is 1. The summed E-state index contributed by atoms with van der Waals surface area (Å²) in [6, 6.07) is 6.51. The van der Waals surface area contributed by atoms with E-state index in [0.29, 0.717) is 6.54 Å². The number of amides is 1. The van der Waals surface area contributed by atoms with Gasteiger partial charge in [-0.1, -0.05) is 22.0 Å². The van der Waals surface area contributed by atoms with Crippen LogP contribution in [0.3, 0.4) is 0 Å². The first-order valence-electron chi connectivity index (χ1n) is 9.11. The molecule has 0 aliphatic carbocycles. The minimum absolute atomic E-state index is 0. The molecular formula is C19H31BrIN5O. The van der Waals surface area contributed by atoms with Crippen LogP contribution in [-0.2, 0) is 11.3 Å². The van der Waals surface area contributed by atoms with E-state index in [1.807, 2.05) is 20.9 Å². The van der Waals surface area contributed by atoms with E-state index in [1.54, 1.807) is 0 Å². The maximum atomic E-state index is 11.9. The van der Waals surface area contributed by atoms with Gasteiger partial charge in [-0.25, -0.2) is 0 Å². The Morgan fingerprint density at radius 1 is 1.26 bits per heavy atom. The van der Waals surface area contributed by atoms with Gasteiger partial charge < -0.3 is 15.5 Å². The molecule has 0 aromatic heterocycles. The van der Waals surface area contributed by atoms with E-state index in [-0.39, 0.29) is 35.9 Å². The van der Waals surface area contributed by atoms with Gasteiger partial charge in [0.2, 0.25) is 5.91 Å². The molecule has 6 nitrogen and oxygen atoms in total. The van der Waals surface area contributed by atoms with Crippen molar-refractivity contribution in [2.45, 2.75) is 33.4 Å². The normalized spacial score (nSPS) is 15.5. The molecule has 152 valence electrons. The molecule has 27 heavy (non-hydrogen) atoms. The first kappa shape index (κ1) is 24.2. The molecule has 0 bridgehead atoms. The lowest BCUT2D eigenvalue weighted by atomic mass is 10.1. The lowest BCUT2D eigenvalue weighted by Gasteiger charge is -2.36. The number of rotatable bonds is 5. The Morgan fingerprint density at radius 3 is 2.48 bits per heavy atom. The van der Waals surface area contributed by atoms with Gasteiger partial charge in [0.25, 0.3) is 0 Å². The number of halogens is 2. The highest BCUT2D eigenvalue weighted by Gasteiger charge is 2.21. The standard InChI is InChI=1S/C19H30BrN5O.HI/c1-14(2)23-18(26)13-24-7-9-25(10-8-24)19(21-4)22-12-16-5-6-17(20)11-15(16)3;/h5-6,11,14H,7-10,12-13H2,1-4H3,(H,21,22)(H,23,26);1H. The zero-order valence-electron chi connectivity index (χ0n) is 16.6. The second-order valence-corrected chi connectivity index (χ2v) is 7.87. The van der Waals surface area contributed by atoms with Gasteiger partial charge in [-0.15, -0.1) is 24.0 Å². The fourth-order valence-electron chi connectivity index (χ4n) is 3.05. The molecule has 2 N–H and O–H groups in total. The summed E-state index contributed by atoms with van der Waals surface area (Å²) in [5.74, 6) is 1.01. The summed E-state index contributed by atoms with van der Waals surface area (Å²) in [6.45, 7) is 10.8. The van der Waals surface area contributed by atoms with Crippen LogP contribution in [0.25, 0.3) is 0 Å². The number of nitrogens with one attached hydrogen (secondary N) is 2. The molecule has 1 amide bonds. The van der Waals surface area contributed by atoms with Crippen LogP contribution in [0.1, 0.15) is 25.0 Å². The molecule has 1 aliphatic rings. The SMILES string of the molecule is CN=C(NCc1ccc(Br)cc1C)N1CCN(CC(=O)NC(C)C)CC1.I. The Kier molecular flexibility index (Phi) is 10.6. The molecule has 0 unspecified atom stereocenters. The van der Waals surface area contributed by atoms with Crippen molar-refractivity contribution in [1.29, 1.82) is 0 Å². The van der Waals surface area contributed by atoms with Crippen molar-refractivity contribution in [2.75, 3.05) is 39.8 Å². The van der Waals surface area contributed by atoms with Gasteiger partial charge in [-0.2, -0.15) is 0 Å². The van der Waals surface area contributed by atoms with E-state index in [4.69, 9.17) is 0 Å². The van der Waals surface area contributed by atoms with Gasteiger partial charge in [-0.05, 0) is 44.0 Å². The highest BCUT2D eigenvalue weighted by Crippen LogP contribution is 2.15. The number of carbonyl (C=O) groups is 1. The Bertz CT molecular complexity index is 645. The quantitative estimate of drug-likeness (QED) is 0.335. The number of carbonyl (C=O) groups excluding carboxylic acids is 1. The molecule has 1 saturated heterocycles. The van der Waals surface area contributed by atoms with Crippen molar-refractivity contribution in [1.82, 2.24) is 20.4 Å². The Hall–Kier alpha value is -0.870. The van der Waals surface area contributed by atoms with Crippen molar-refractivity contribution >= 4 is 51.8 Å². The van der Waals surface area contributed by atoms with Crippen LogP contribution in [0.15, 0.2) is 27.7 Å². The van der Waals surface area contributed by atoms with E-state index in [2.05, 4.69) is 66.5 Å². The van der Waals surface area contributed by atoms with Gasteiger partial charge >= 0.3 is 0 Å². The molecule has 0 radical (unpaired) electrons. The highest BCUT2D eigenvalue weighted by molar-refractivity contribution is 14.0. The predicted octanol–water partition coefficient (Wildman–Crippen LogP) is 2.59. The number of nitrogens with zero attached hydrogens (tertiary/aromatic N) is 3. The first-order chi connectivity index (χ1) is 12.4. The van der Waals surface area contributed by atoms with E-state index in [1.165, 1.54) is 11.1 Å². The summed E-state index contributed by atoms with van der Waals surface area (Å²) in [4.78, 5) is 20.8. The number of guanidine groups is 1. The van der Waals surface area contributed by atoms with Crippen LogP contribution in [0, 0.1) is 6.92 Å². The van der Waals surface area contributed by atoms with Crippen LogP contribution in [-0.4, -0.2) is 67.5 Å². The summed E-state index contributed by atoms with van der Waals surface area (Å²) in [5.41, 5.74) is 2.52. The van der Waals surface area contributed by atoms with Crippen molar-refractivity contribution in [3.8, 4) is 0 Å². The average Bonchev–Trinajstić information content (AvgIpc) is 2.57. The van der Waals surface area contributed by atoms with Crippen LogP contribution < -0.4 is 10.6 Å². The molecule has 1 heterocycles. The maximum absolute atomic E-state index is 11.9. The molecule has 1 aromatic carbocycles. The summed E-state index contributed by atoms with van der Waals surface area (Å²) < 4.78 is 1.10. The van der Waals surface area contributed by atoms with E-state index >= 15 is 0 Å². The van der Waals surface area contributed by atoms with Gasteiger partial charge in [0.1, 0.15) is 0 Å². The minimum atomic E-state index is 0. The average molecular weight is 552 g/mol. The summed E-state index contributed by atoms with van der Waals surface area (Å²) >= 11 is 3.50. The van der Waals surface area contributed by atoms with Gasteiger partial charge in [-0.3, -0.25) is 14.7 Å². The van der Waals surface area contributed by atoms with Crippen molar-refractivity contribution in [3.63, 3.8) is 0 Å². The van der Waals surface area contributed by atoms with Gasteiger partial charge in [0, 0.05) is 50.3 Å². The predicted molar refractivity (Wildman–Crippen MR) is 126 cm³/mol. The number of aryl methyl sites for hydroxylation is 1.